The molecule has 0 atom stereocenters. The van der Waals surface area contributed by atoms with E-state index in [0.29, 0.717) is 34.3 Å². The van der Waals surface area contributed by atoms with Crippen LogP contribution in [0.1, 0.15) is 31.8 Å². The molecule has 0 aliphatic rings. The van der Waals surface area contributed by atoms with Gasteiger partial charge in [0, 0.05) is 29.2 Å². The van der Waals surface area contributed by atoms with Gasteiger partial charge in [-0.25, -0.2) is 9.97 Å². The topological polar surface area (TPSA) is 98.1 Å². The molecule has 33 heavy (non-hydrogen) atoms. The number of amides is 2. The number of hydrogen-bond acceptors (Lipinski definition) is 5. The minimum Gasteiger partial charge on any atom is -0.489 e. The molecule has 4 rings (SSSR count). The average Bonchev–Trinajstić information content (AvgIpc) is 3.38. The highest BCUT2D eigenvalue weighted by atomic mass is 35.5. The molecule has 0 aliphatic carbocycles. The van der Waals surface area contributed by atoms with Gasteiger partial charge >= 0.3 is 0 Å². The third kappa shape index (κ3) is 5.55. The molecule has 9 heteroatoms. The number of pyridine rings is 1. The molecule has 0 saturated carbocycles. The lowest BCUT2D eigenvalue weighted by molar-refractivity contribution is 0.0846. The monoisotopic (exact) mass is 461 g/mol. The summed E-state index contributed by atoms with van der Waals surface area (Å²) in [7, 11) is 0. The standard InChI is InChI=1S/C24H20ClN5O3/c1-16-12-20(7-8-21(16)25)33-14-17-2-4-18(5-3-17)23(31)28-29-24(32)19-6-9-22(27-13-19)30-11-10-26-15-30/h2-13,15H,14H2,1H3,(H,28,31)(H,29,32). The zero-order valence-corrected chi connectivity index (χ0v) is 18.4. The van der Waals surface area contributed by atoms with Crippen molar-refractivity contribution in [2.75, 3.05) is 0 Å². The minimum absolute atomic E-state index is 0.309. The first-order valence-corrected chi connectivity index (χ1v) is 10.4. The van der Waals surface area contributed by atoms with Crippen molar-refractivity contribution in [3.05, 3.63) is 107 Å². The van der Waals surface area contributed by atoms with Crippen LogP contribution in [0.15, 0.2) is 79.5 Å². The second-order valence-electron chi connectivity index (χ2n) is 7.18. The molecule has 166 valence electrons. The Morgan fingerprint density at radius 2 is 1.73 bits per heavy atom. The second kappa shape index (κ2) is 9.97. The largest absolute Gasteiger partial charge is 0.489 e. The van der Waals surface area contributed by atoms with E-state index < -0.39 is 11.8 Å². The van der Waals surface area contributed by atoms with Crippen LogP contribution in [0.4, 0.5) is 0 Å². The highest BCUT2D eigenvalue weighted by Crippen LogP contribution is 2.22. The molecule has 0 bridgehead atoms. The summed E-state index contributed by atoms with van der Waals surface area (Å²) >= 11 is 6.02. The number of nitrogens with one attached hydrogen (secondary N) is 2. The van der Waals surface area contributed by atoms with E-state index in [-0.39, 0.29) is 0 Å². The van der Waals surface area contributed by atoms with Gasteiger partial charge in [0.15, 0.2) is 0 Å². The van der Waals surface area contributed by atoms with Crippen LogP contribution in [0.5, 0.6) is 5.75 Å². The quantitative estimate of drug-likeness (QED) is 0.424. The maximum absolute atomic E-state index is 12.4. The van der Waals surface area contributed by atoms with Crippen molar-refractivity contribution in [2.24, 2.45) is 0 Å². The summed E-state index contributed by atoms with van der Waals surface area (Å²) in [4.78, 5) is 32.8. The molecule has 2 amide bonds. The Morgan fingerprint density at radius 3 is 2.36 bits per heavy atom. The number of hydrogen-bond donors (Lipinski definition) is 2. The van der Waals surface area contributed by atoms with Gasteiger partial charge in [-0.15, -0.1) is 0 Å². The van der Waals surface area contributed by atoms with E-state index in [1.165, 1.54) is 6.20 Å². The maximum Gasteiger partial charge on any atom is 0.271 e. The first-order valence-electron chi connectivity index (χ1n) is 10.0. The summed E-state index contributed by atoms with van der Waals surface area (Å²) < 4.78 is 7.48. The van der Waals surface area contributed by atoms with E-state index in [1.54, 1.807) is 71.8 Å². The third-order valence-corrected chi connectivity index (χ3v) is 5.24. The highest BCUT2D eigenvalue weighted by Gasteiger charge is 2.10. The van der Waals surface area contributed by atoms with Crippen LogP contribution in [0.25, 0.3) is 5.82 Å². The Labute approximate surface area is 195 Å². The Bertz CT molecular complexity index is 1260. The number of halogens is 1. The summed E-state index contributed by atoms with van der Waals surface area (Å²) in [6.45, 7) is 2.26. The lowest BCUT2D eigenvalue weighted by atomic mass is 10.1. The van der Waals surface area contributed by atoms with Gasteiger partial charge in [-0.2, -0.15) is 0 Å². The Hall–Kier alpha value is -4.17. The van der Waals surface area contributed by atoms with Gasteiger partial charge in [0.1, 0.15) is 24.5 Å². The number of carbonyl (C=O) groups excluding carboxylic acids is 2. The van der Waals surface area contributed by atoms with Gasteiger partial charge in [0.2, 0.25) is 0 Å². The van der Waals surface area contributed by atoms with E-state index >= 15 is 0 Å². The fourth-order valence-electron chi connectivity index (χ4n) is 2.95. The van der Waals surface area contributed by atoms with Crippen molar-refractivity contribution in [1.82, 2.24) is 25.4 Å². The Kier molecular flexibility index (Phi) is 6.66. The van der Waals surface area contributed by atoms with Gasteiger partial charge in [0.25, 0.3) is 11.8 Å². The fraction of sp³-hybridized carbons (Fsp3) is 0.0833. The number of aryl methyl sites for hydroxylation is 1. The number of ether oxygens (including phenoxy) is 1. The zero-order chi connectivity index (χ0) is 23.2. The van der Waals surface area contributed by atoms with Crippen LogP contribution in [0, 0.1) is 6.92 Å². The number of imidazole rings is 1. The molecule has 4 aromatic rings. The van der Waals surface area contributed by atoms with Crippen LogP contribution in [-0.2, 0) is 6.61 Å². The first-order chi connectivity index (χ1) is 16.0. The van der Waals surface area contributed by atoms with Gasteiger partial charge in [-0.1, -0.05) is 23.7 Å². The summed E-state index contributed by atoms with van der Waals surface area (Å²) in [5.41, 5.74) is 7.33. The van der Waals surface area contributed by atoms with Gasteiger partial charge in [-0.05, 0) is 60.5 Å². The molecule has 8 nitrogen and oxygen atoms in total. The molecule has 0 fully saturated rings. The lowest BCUT2D eigenvalue weighted by Gasteiger charge is -2.10. The number of benzene rings is 2. The maximum atomic E-state index is 12.4. The van der Waals surface area contributed by atoms with E-state index in [0.717, 1.165) is 11.1 Å². The first kappa shape index (κ1) is 22.0. The summed E-state index contributed by atoms with van der Waals surface area (Å²) in [5.74, 6) is 0.431. The second-order valence-corrected chi connectivity index (χ2v) is 7.59. The molecule has 2 aromatic carbocycles. The molecular weight excluding hydrogens is 442 g/mol. The van der Waals surface area contributed by atoms with Crippen molar-refractivity contribution >= 4 is 23.4 Å². The van der Waals surface area contributed by atoms with Crippen molar-refractivity contribution in [1.29, 1.82) is 0 Å². The summed E-state index contributed by atoms with van der Waals surface area (Å²) in [6, 6.07) is 15.7. The molecule has 0 aliphatic heterocycles. The van der Waals surface area contributed by atoms with Crippen molar-refractivity contribution in [3.63, 3.8) is 0 Å². The molecule has 2 N–H and O–H groups in total. The highest BCUT2D eigenvalue weighted by molar-refractivity contribution is 6.31. The van der Waals surface area contributed by atoms with Crippen LogP contribution >= 0.6 is 11.6 Å². The smallest absolute Gasteiger partial charge is 0.271 e. The predicted molar refractivity (Wildman–Crippen MR) is 123 cm³/mol. The third-order valence-electron chi connectivity index (χ3n) is 4.82. The van der Waals surface area contributed by atoms with Gasteiger partial charge < -0.3 is 4.74 Å². The van der Waals surface area contributed by atoms with Crippen LogP contribution in [0.3, 0.4) is 0 Å². The Morgan fingerprint density at radius 1 is 1.00 bits per heavy atom. The summed E-state index contributed by atoms with van der Waals surface area (Å²) in [5, 5.41) is 0.688. The van der Waals surface area contributed by atoms with E-state index in [9.17, 15) is 9.59 Å². The normalized spacial score (nSPS) is 10.5. The van der Waals surface area contributed by atoms with Crippen molar-refractivity contribution in [3.8, 4) is 11.6 Å². The SMILES string of the molecule is Cc1cc(OCc2ccc(C(=O)NNC(=O)c3ccc(-n4ccnc4)nc3)cc2)ccc1Cl. The molecule has 2 aromatic heterocycles. The number of aromatic nitrogens is 3. The number of rotatable bonds is 6. The molecule has 0 saturated heterocycles. The van der Waals surface area contributed by atoms with E-state index in [4.69, 9.17) is 16.3 Å². The number of nitrogens with zero attached hydrogens (tertiary/aromatic N) is 3. The predicted octanol–water partition coefficient (Wildman–Crippen LogP) is 3.88. The summed E-state index contributed by atoms with van der Waals surface area (Å²) in [6.07, 6.45) is 6.42. The zero-order valence-electron chi connectivity index (χ0n) is 17.7. The minimum atomic E-state index is -0.476. The van der Waals surface area contributed by atoms with E-state index in [1.807, 2.05) is 13.0 Å². The molecule has 0 spiro atoms. The molecule has 2 heterocycles. The lowest BCUT2D eigenvalue weighted by Crippen LogP contribution is -2.41. The molecule has 0 unspecified atom stereocenters. The van der Waals surface area contributed by atoms with Crippen LogP contribution in [-0.4, -0.2) is 26.3 Å². The number of carbonyl (C=O) groups is 2. The van der Waals surface area contributed by atoms with Crippen LogP contribution in [0.2, 0.25) is 5.02 Å². The van der Waals surface area contributed by atoms with Crippen molar-refractivity contribution in [2.45, 2.75) is 13.5 Å². The average molecular weight is 462 g/mol. The molecule has 0 radical (unpaired) electrons. The fourth-order valence-corrected chi connectivity index (χ4v) is 3.07. The van der Waals surface area contributed by atoms with Gasteiger partial charge in [0.05, 0.1) is 5.56 Å². The van der Waals surface area contributed by atoms with Crippen LogP contribution < -0.4 is 15.6 Å². The number of hydrazine groups is 1. The van der Waals surface area contributed by atoms with Gasteiger partial charge in [-0.3, -0.25) is 25.0 Å². The Balaban J connectivity index is 1.28. The van der Waals surface area contributed by atoms with E-state index in [2.05, 4.69) is 20.8 Å². The van der Waals surface area contributed by atoms with Crippen molar-refractivity contribution < 1.29 is 14.3 Å². The molecular formula is C24H20ClN5O3.